The van der Waals surface area contributed by atoms with E-state index < -0.39 is 5.91 Å². The molecule has 2 aromatic heterocycles. The molecule has 10 nitrogen and oxygen atoms in total. The Balaban J connectivity index is 1.63. The first-order valence-electron chi connectivity index (χ1n) is 15.9. The van der Waals surface area contributed by atoms with Gasteiger partial charge in [0.1, 0.15) is 0 Å². The lowest BCUT2D eigenvalue weighted by molar-refractivity contribution is 0.0845. The lowest BCUT2D eigenvalue weighted by Crippen LogP contribution is -2.47. The monoisotopic (exact) mass is 612 g/mol. The van der Waals surface area contributed by atoms with Crippen LogP contribution < -0.4 is 21.9 Å². The molecular weight excluding hydrogens is 568 g/mol. The fraction of sp³-hybridized carbons (Fsp3) is 0.457. The van der Waals surface area contributed by atoms with Gasteiger partial charge in [0.05, 0.1) is 17.1 Å². The number of benzene rings is 2. The van der Waals surface area contributed by atoms with Crippen molar-refractivity contribution in [3.8, 4) is 11.1 Å². The number of hydrogen-bond donors (Lipinski definition) is 2. The first-order chi connectivity index (χ1) is 21.5. The van der Waals surface area contributed by atoms with Crippen molar-refractivity contribution in [1.29, 1.82) is 0 Å². The summed E-state index contributed by atoms with van der Waals surface area (Å²) in [6, 6.07) is 10.3. The van der Waals surface area contributed by atoms with Crippen LogP contribution in [0.1, 0.15) is 64.1 Å². The summed E-state index contributed by atoms with van der Waals surface area (Å²) in [6.45, 7) is 11.7. The number of amides is 1. The van der Waals surface area contributed by atoms with Crippen LogP contribution in [0.3, 0.4) is 0 Å². The van der Waals surface area contributed by atoms with E-state index in [1.54, 1.807) is 4.57 Å². The number of aromatic nitrogens is 3. The van der Waals surface area contributed by atoms with Gasteiger partial charge in [0, 0.05) is 74.9 Å². The number of anilines is 1. The van der Waals surface area contributed by atoms with Gasteiger partial charge >= 0.3 is 5.69 Å². The molecule has 10 heteroatoms. The predicted octanol–water partition coefficient (Wildman–Crippen LogP) is 3.80. The number of aryl methyl sites for hydroxylation is 3. The lowest BCUT2D eigenvalue weighted by atomic mass is 9.86. The molecule has 0 aliphatic carbocycles. The predicted molar refractivity (Wildman–Crippen MR) is 179 cm³/mol. The molecule has 2 saturated heterocycles. The standard InChI is InChI=1S/C35H44N6O4/c1-7-40(24-10-12-45-13-11-24)32-22(4)27(33(36)42)17-28(29(32)16-26-20(2)14-21(3)37-34(26)43)23-8-9-30-31(15-23)39(6)35(44)41(30)25-18-38(5)19-25/h8-9,14-15,17,24-25H,7,10-13,16,18-19H2,1-6H3,(H2,36,42)(H,37,43). The van der Waals surface area contributed by atoms with Crippen molar-refractivity contribution in [3.63, 3.8) is 0 Å². The van der Waals surface area contributed by atoms with E-state index in [0.29, 0.717) is 30.8 Å². The Hall–Kier alpha value is -4.15. The van der Waals surface area contributed by atoms with E-state index >= 15 is 0 Å². The fourth-order valence-corrected chi connectivity index (χ4v) is 7.49. The maximum Gasteiger partial charge on any atom is 0.329 e. The smallest absolute Gasteiger partial charge is 0.329 e. The molecule has 6 rings (SSSR count). The van der Waals surface area contributed by atoms with Crippen molar-refractivity contribution in [2.24, 2.45) is 12.8 Å². The molecule has 4 aromatic rings. The van der Waals surface area contributed by atoms with Gasteiger partial charge in [-0.3, -0.25) is 18.7 Å². The van der Waals surface area contributed by atoms with Gasteiger partial charge in [-0.15, -0.1) is 0 Å². The van der Waals surface area contributed by atoms with Crippen molar-refractivity contribution in [3.05, 3.63) is 84.7 Å². The minimum absolute atomic E-state index is 0.0404. The third-order valence-corrected chi connectivity index (χ3v) is 9.84. The summed E-state index contributed by atoms with van der Waals surface area (Å²) in [6.07, 6.45) is 2.11. The minimum Gasteiger partial charge on any atom is -0.381 e. The second-order valence-electron chi connectivity index (χ2n) is 12.8. The van der Waals surface area contributed by atoms with Crippen LogP contribution in [0.2, 0.25) is 0 Å². The number of ether oxygens (including phenoxy) is 1. The average molecular weight is 613 g/mol. The Labute approximate surface area is 263 Å². The highest BCUT2D eigenvalue weighted by Crippen LogP contribution is 2.41. The van der Waals surface area contributed by atoms with Crippen molar-refractivity contribution in [2.45, 2.75) is 59.0 Å². The molecule has 2 fully saturated rings. The highest BCUT2D eigenvalue weighted by atomic mass is 16.5. The van der Waals surface area contributed by atoms with Crippen molar-refractivity contribution < 1.29 is 9.53 Å². The minimum atomic E-state index is -0.498. The van der Waals surface area contributed by atoms with E-state index in [4.69, 9.17) is 10.5 Å². The van der Waals surface area contributed by atoms with E-state index in [-0.39, 0.29) is 23.3 Å². The number of nitrogens with two attached hydrogens (primary N) is 1. The molecule has 2 aromatic carbocycles. The van der Waals surface area contributed by atoms with Gasteiger partial charge in [-0.2, -0.15) is 0 Å². The number of fused-ring (bicyclic) bond motifs is 1. The number of primary amides is 1. The number of imidazole rings is 1. The number of likely N-dealkylation sites (tertiary alicyclic amines) is 1. The molecule has 0 unspecified atom stereocenters. The van der Waals surface area contributed by atoms with Crippen molar-refractivity contribution in [2.75, 3.05) is 44.8 Å². The third kappa shape index (κ3) is 5.40. The van der Waals surface area contributed by atoms with Gasteiger partial charge in [0.2, 0.25) is 5.91 Å². The number of H-pyrrole nitrogens is 1. The normalized spacial score (nSPS) is 16.3. The fourth-order valence-electron chi connectivity index (χ4n) is 7.49. The van der Waals surface area contributed by atoms with Crippen LogP contribution in [0.5, 0.6) is 0 Å². The summed E-state index contributed by atoms with van der Waals surface area (Å²) in [7, 11) is 3.86. The molecule has 4 heterocycles. The van der Waals surface area contributed by atoms with Gasteiger partial charge in [0.15, 0.2) is 0 Å². The van der Waals surface area contributed by atoms with Crippen LogP contribution in [0.4, 0.5) is 5.69 Å². The molecule has 2 aliphatic heterocycles. The molecule has 2 aliphatic rings. The zero-order valence-electron chi connectivity index (χ0n) is 27.2. The van der Waals surface area contributed by atoms with E-state index in [9.17, 15) is 14.4 Å². The Bertz CT molecular complexity index is 1910. The Morgan fingerprint density at radius 2 is 1.73 bits per heavy atom. The summed E-state index contributed by atoms with van der Waals surface area (Å²) in [5.74, 6) is -0.498. The first kappa shape index (κ1) is 30.9. The van der Waals surface area contributed by atoms with Crippen LogP contribution in [0.15, 0.2) is 39.9 Å². The number of pyridine rings is 1. The summed E-state index contributed by atoms with van der Waals surface area (Å²) >= 11 is 0. The van der Waals surface area contributed by atoms with Gasteiger partial charge in [-0.1, -0.05) is 6.07 Å². The van der Waals surface area contributed by atoms with Crippen LogP contribution in [-0.2, 0) is 18.2 Å². The Kier molecular flexibility index (Phi) is 8.22. The quantitative estimate of drug-likeness (QED) is 0.313. The number of carbonyl (C=O) groups is 1. The first-order valence-corrected chi connectivity index (χ1v) is 15.9. The number of carbonyl (C=O) groups excluding carboxylic acids is 1. The summed E-state index contributed by atoms with van der Waals surface area (Å²) in [4.78, 5) is 47.4. The topological polar surface area (TPSA) is 119 Å². The maximum atomic E-state index is 13.4. The maximum absolute atomic E-state index is 13.4. The van der Waals surface area contributed by atoms with E-state index in [2.05, 4.69) is 28.8 Å². The molecular formula is C35H44N6O4. The zero-order chi connectivity index (χ0) is 32.2. The van der Waals surface area contributed by atoms with Crippen LogP contribution in [-0.4, -0.2) is 70.9 Å². The summed E-state index contributed by atoms with van der Waals surface area (Å²) in [5.41, 5.74) is 14.9. The van der Waals surface area contributed by atoms with Crippen LogP contribution >= 0.6 is 0 Å². The number of hydrogen-bond acceptors (Lipinski definition) is 6. The highest BCUT2D eigenvalue weighted by Gasteiger charge is 2.31. The molecule has 0 bridgehead atoms. The Morgan fingerprint density at radius 3 is 2.36 bits per heavy atom. The molecule has 3 N–H and O–H groups in total. The second-order valence-corrected chi connectivity index (χ2v) is 12.8. The molecule has 0 spiro atoms. The van der Waals surface area contributed by atoms with Gasteiger partial charge in [0.25, 0.3) is 5.56 Å². The van der Waals surface area contributed by atoms with Gasteiger partial charge in [-0.05, 0) is 99.7 Å². The van der Waals surface area contributed by atoms with E-state index in [1.807, 2.05) is 62.7 Å². The molecule has 45 heavy (non-hydrogen) atoms. The number of nitrogens with zero attached hydrogens (tertiary/aromatic N) is 4. The van der Waals surface area contributed by atoms with Crippen molar-refractivity contribution in [1.82, 2.24) is 19.0 Å². The van der Waals surface area contributed by atoms with Crippen LogP contribution in [0, 0.1) is 20.8 Å². The van der Waals surface area contributed by atoms with Crippen molar-refractivity contribution >= 4 is 22.6 Å². The highest BCUT2D eigenvalue weighted by molar-refractivity contribution is 5.99. The number of likely N-dealkylation sites (N-methyl/N-ethyl adjacent to an activating group) is 1. The summed E-state index contributed by atoms with van der Waals surface area (Å²) in [5, 5.41) is 0. The SMILES string of the molecule is CCN(c1c(C)c(C(N)=O)cc(-c2ccc3c(c2)n(C)c(=O)n3C2CN(C)C2)c1Cc1c(C)cc(C)[nH]c1=O)C1CCOCC1. The van der Waals surface area contributed by atoms with E-state index in [0.717, 1.165) is 82.7 Å². The van der Waals surface area contributed by atoms with Crippen LogP contribution in [0.25, 0.3) is 22.2 Å². The zero-order valence-corrected chi connectivity index (χ0v) is 27.2. The largest absolute Gasteiger partial charge is 0.381 e. The molecule has 0 radical (unpaired) electrons. The second kappa shape index (κ2) is 12.0. The molecule has 0 saturated carbocycles. The average Bonchev–Trinajstić information content (AvgIpc) is 3.23. The summed E-state index contributed by atoms with van der Waals surface area (Å²) < 4.78 is 9.31. The molecule has 1 amide bonds. The number of rotatable bonds is 8. The van der Waals surface area contributed by atoms with Gasteiger partial charge in [-0.25, -0.2) is 4.79 Å². The third-order valence-electron chi connectivity index (χ3n) is 9.84. The number of nitrogens with one attached hydrogen (secondary N) is 1. The van der Waals surface area contributed by atoms with Gasteiger partial charge < -0.3 is 25.3 Å². The lowest BCUT2D eigenvalue weighted by Gasteiger charge is -2.38. The van der Waals surface area contributed by atoms with E-state index in [1.165, 1.54) is 0 Å². The Morgan fingerprint density at radius 1 is 1.02 bits per heavy atom. The molecule has 238 valence electrons. The number of aromatic amines is 1. The molecule has 0 atom stereocenters.